The fourth-order valence-corrected chi connectivity index (χ4v) is 3.93. The number of benzene rings is 3. The summed E-state index contributed by atoms with van der Waals surface area (Å²) in [5.74, 6) is -0.241. The van der Waals surface area contributed by atoms with Crippen molar-refractivity contribution in [3.8, 4) is 0 Å². The van der Waals surface area contributed by atoms with Crippen molar-refractivity contribution in [2.45, 2.75) is 13.0 Å². The normalized spacial score (nSPS) is 14.1. The van der Waals surface area contributed by atoms with Gasteiger partial charge in [-0.2, -0.15) is 5.06 Å². The van der Waals surface area contributed by atoms with Crippen LogP contribution in [-0.4, -0.2) is 54.8 Å². The van der Waals surface area contributed by atoms with E-state index < -0.39 is 0 Å². The molecule has 2 amide bonds. The number of nitrogens with zero attached hydrogens (tertiary/aromatic N) is 3. The second-order valence-electron chi connectivity index (χ2n) is 8.25. The molecule has 1 saturated heterocycles. The summed E-state index contributed by atoms with van der Waals surface area (Å²) >= 11 is 0. The Morgan fingerprint density at radius 2 is 1.56 bits per heavy atom. The number of anilines is 1. The molecule has 7 heteroatoms. The minimum absolute atomic E-state index is 0.0207. The van der Waals surface area contributed by atoms with Crippen molar-refractivity contribution in [2.75, 3.05) is 37.8 Å². The van der Waals surface area contributed by atoms with Crippen LogP contribution in [0.4, 0.5) is 10.1 Å². The lowest BCUT2D eigenvalue weighted by Gasteiger charge is -2.34. The van der Waals surface area contributed by atoms with Gasteiger partial charge in [0.1, 0.15) is 12.4 Å². The maximum atomic E-state index is 13.0. The summed E-state index contributed by atoms with van der Waals surface area (Å²) in [6, 6.07) is 23.1. The first-order valence-electron chi connectivity index (χ1n) is 11.4. The molecule has 176 valence electrons. The maximum absolute atomic E-state index is 13.0. The Morgan fingerprint density at radius 1 is 0.882 bits per heavy atom. The average Bonchev–Trinajstić information content (AvgIpc) is 2.89. The van der Waals surface area contributed by atoms with Gasteiger partial charge in [-0.25, -0.2) is 4.39 Å². The standard InChI is InChI=1S/C27H28FN3O3/c28-25-10-6-22(7-11-25)14-15-29-16-18-30(19-17-29)27(33)24-8-12-26(13-9-24)31(21-32)34-20-23-4-2-1-3-5-23/h1-13,21H,14-20H2. The molecule has 6 nitrogen and oxygen atoms in total. The first-order chi connectivity index (χ1) is 16.6. The Bertz CT molecular complexity index is 1070. The summed E-state index contributed by atoms with van der Waals surface area (Å²) in [6.07, 6.45) is 1.47. The van der Waals surface area contributed by atoms with Crippen LogP contribution in [0, 0.1) is 5.82 Å². The van der Waals surface area contributed by atoms with Gasteiger partial charge in [0.05, 0.1) is 5.69 Å². The molecule has 1 aliphatic heterocycles. The highest BCUT2D eigenvalue weighted by atomic mass is 19.1. The van der Waals surface area contributed by atoms with E-state index in [9.17, 15) is 14.0 Å². The van der Waals surface area contributed by atoms with E-state index in [1.807, 2.05) is 47.4 Å². The summed E-state index contributed by atoms with van der Waals surface area (Å²) in [5.41, 5.74) is 3.21. The Morgan fingerprint density at radius 3 is 2.21 bits per heavy atom. The third kappa shape index (κ3) is 6.27. The number of hydrogen-bond acceptors (Lipinski definition) is 4. The lowest BCUT2D eigenvalue weighted by Crippen LogP contribution is -2.49. The molecule has 0 spiro atoms. The number of carbonyl (C=O) groups is 2. The molecular formula is C27H28FN3O3. The van der Waals surface area contributed by atoms with Gasteiger partial charge in [0, 0.05) is 38.3 Å². The minimum atomic E-state index is -0.220. The number of hydrogen-bond donors (Lipinski definition) is 0. The van der Waals surface area contributed by atoms with Gasteiger partial charge in [0.15, 0.2) is 0 Å². The van der Waals surface area contributed by atoms with Gasteiger partial charge in [-0.15, -0.1) is 0 Å². The van der Waals surface area contributed by atoms with Crippen molar-refractivity contribution < 1.29 is 18.8 Å². The van der Waals surface area contributed by atoms with Crippen molar-refractivity contribution in [2.24, 2.45) is 0 Å². The molecule has 0 saturated carbocycles. The molecule has 3 aromatic rings. The van der Waals surface area contributed by atoms with E-state index in [1.54, 1.807) is 24.3 Å². The zero-order valence-electron chi connectivity index (χ0n) is 19.0. The zero-order valence-corrected chi connectivity index (χ0v) is 19.0. The Labute approximate surface area is 199 Å². The van der Waals surface area contributed by atoms with Crippen LogP contribution in [0.2, 0.25) is 0 Å². The van der Waals surface area contributed by atoms with Crippen molar-refractivity contribution in [1.29, 1.82) is 0 Å². The van der Waals surface area contributed by atoms with Crippen LogP contribution < -0.4 is 5.06 Å². The van der Waals surface area contributed by atoms with Crippen molar-refractivity contribution >= 4 is 18.0 Å². The Balaban J connectivity index is 1.26. The highest BCUT2D eigenvalue weighted by molar-refractivity contribution is 5.94. The van der Waals surface area contributed by atoms with Gasteiger partial charge in [-0.05, 0) is 53.9 Å². The lowest BCUT2D eigenvalue weighted by atomic mass is 10.1. The second kappa shape index (κ2) is 11.5. The van der Waals surface area contributed by atoms with E-state index >= 15 is 0 Å². The molecule has 4 rings (SSSR count). The molecule has 0 bridgehead atoms. The smallest absolute Gasteiger partial charge is 0.253 e. The number of carbonyl (C=O) groups excluding carboxylic acids is 2. The van der Waals surface area contributed by atoms with E-state index in [4.69, 9.17) is 4.84 Å². The molecule has 0 N–H and O–H groups in total. The molecule has 0 radical (unpaired) electrons. The Hall–Kier alpha value is -3.55. The van der Waals surface area contributed by atoms with Crippen molar-refractivity contribution in [3.05, 3.63) is 101 Å². The number of rotatable bonds is 9. The molecule has 0 unspecified atom stereocenters. The van der Waals surface area contributed by atoms with Gasteiger partial charge in [0.25, 0.3) is 5.91 Å². The summed E-state index contributed by atoms with van der Waals surface area (Å²) in [6.45, 7) is 4.07. The van der Waals surface area contributed by atoms with E-state index in [1.165, 1.54) is 17.2 Å². The largest absolute Gasteiger partial charge is 0.336 e. The van der Waals surface area contributed by atoms with Gasteiger partial charge in [-0.3, -0.25) is 19.3 Å². The molecule has 1 aliphatic rings. The highest BCUT2D eigenvalue weighted by Crippen LogP contribution is 2.18. The average molecular weight is 462 g/mol. The van der Waals surface area contributed by atoms with Crippen LogP contribution in [-0.2, 0) is 22.7 Å². The van der Waals surface area contributed by atoms with Crippen LogP contribution >= 0.6 is 0 Å². The molecule has 0 aromatic heterocycles. The van der Waals surface area contributed by atoms with E-state index in [-0.39, 0.29) is 18.3 Å². The second-order valence-corrected chi connectivity index (χ2v) is 8.25. The fraction of sp³-hybridized carbons (Fsp3) is 0.259. The summed E-state index contributed by atoms with van der Waals surface area (Å²) < 4.78 is 13.0. The minimum Gasteiger partial charge on any atom is -0.336 e. The first-order valence-corrected chi connectivity index (χ1v) is 11.4. The van der Waals surface area contributed by atoms with E-state index in [0.717, 1.165) is 37.2 Å². The van der Waals surface area contributed by atoms with Gasteiger partial charge >= 0.3 is 0 Å². The summed E-state index contributed by atoms with van der Waals surface area (Å²) in [7, 11) is 0. The van der Waals surface area contributed by atoms with Crippen LogP contribution in [0.5, 0.6) is 0 Å². The fourth-order valence-electron chi connectivity index (χ4n) is 3.93. The molecular weight excluding hydrogens is 433 g/mol. The summed E-state index contributed by atoms with van der Waals surface area (Å²) in [5, 5.41) is 1.17. The number of hydroxylamine groups is 1. The zero-order chi connectivity index (χ0) is 23.8. The summed E-state index contributed by atoms with van der Waals surface area (Å²) in [4.78, 5) is 34.2. The maximum Gasteiger partial charge on any atom is 0.253 e. The number of amides is 2. The molecule has 34 heavy (non-hydrogen) atoms. The predicted octanol–water partition coefficient (Wildman–Crippen LogP) is 3.92. The van der Waals surface area contributed by atoms with Crippen molar-refractivity contribution in [1.82, 2.24) is 9.80 Å². The van der Waals surface area contributed by atoms with Gasteiger partial charge in [0.2, 0.25) is 6.41 Å². The molecule has 1 fully saturated rings. The monoisotopic (exact) mass is 461 g/mol. The quantitative estimate of drug-likeness (QED) is 0.358. The SMILES string of the molecule is O=CN(OCc1ccccc1)c1ccc(C(=O)N2CCN(CCc3ccc(F)cc3)CC2)cc1. The Kier molecular flexibility index (Phi) is 8.01. The van der Waals surface area contributed by atoms with Crippen LogP contribution in [0.3, 0.4) is 0 Å². The van der Waals surface area contributed by atoms with E-state index in [0.29, 0.717) is 30.8 Å². The third-order valence-electron chi connectivity index (χ3n) is 5.97. The topological polar surface area (TPSA) is 53.1 Å². The van der Waals surface area contributed by atoms with Crippen molar-refractivity contribution in [3.63, 3.8) is 0 Å². The predicted molar refractivity (Wildman–Crippen MR) is 129 cm³/mol. The van der Waals surface area contributed by atoms with E-state index in [2.05, 4.69) is 4.90 Å². The lowest BCUT2D eigenvalue weighted by molar-refractivity contribution is -0.114. The molecule has 0 atom stereocenters. The van der Waals surface area contributed by atoms with Crippen LogP contribution in [0.25, 0.3) is 0 Å². The molecule has 1 heterocycles. The van der Waals surface area contributed by atoms with Crippen LogP contribution in [0.15, 0.2) is 78.9 Å². The van der Waals surface area contributed by atoms with Crippen LogP contribution in [0.1, 0.15) is 21.5 Å². The number of piperazine rings is 1. The number of halogens is 1. The van der Waals surface area contributed by atoms with Gasteiger partial charge < -0.3 is 4.90 Å². The first kappa shape index (κ1) is 23.6. The molecule has 0 aliphatic carbocycles. The molecule has 3 aromatic carbocycles. The highest BCUT2D eigenvalue weighted by Gasteiger charge is 2.22. The van der Waals surface area contributed by atoms with Gasteiger partial charge in [-0.1, -0.05) is 42.5 Å². The third-order valence-corrected chi connectivity index (χ3v) is 5.97.